The number of carbonyl (C=O) groups excluding carboxylic acids is 2. The second-order valence-corrected chi connectivity index (χ2v) is 9.80. The average Bonchev–Trinajstić information content (AvgIpc) is 3.12. The summed E-state index contributed by atoms with van der Waals surface area (Å²) in [6, 6.07) is 10.4. The summed E-state index contributed by atoms with van der Waals surface area (Å²) in [5, 5.41) is 2.78. The zero-order chi connectivity index (χ0) is 21.7. The Hall–Kier alpha value is -3.54. The Morgan fingerprint density at radius 3 is 2.60 bits per heavy atom. The van der Waals surface area contributed by atoms with Crippen LogP contribution in [0.3, 0.4) is 0 Å². The van der Waals surface area contributed by atoms with Gasteiger partial charge in [-0.2, -0.15) is 4.36 Å². The first-order valence-corrected chi connectivity index (χ1v) is 11.6. The van der Waals surface area contributed by atoms with Crippen LogP contribution in [0.25, 0.3) is 0 Å². The molecule has 1 aromatic carbocycles. The van der Waals surface area contributed by atoms with Gasteiger partial charge in [-0.25, -0.2) is 0 Å². The summed E-state index contributed by atoms with van der Waals surface area (Å²) in [6.07, 6.45) is 7.45. The Balaban J connectivity index is 1.78. The number of hydrogen-bond donors (Lipinski definition) is 3. The molecule has 7 nitrogen and oxygen atoms in total. The van der Waals surface area contributed by atoms with E-state index in [2.05, 4.69) is 26.5 Å². The number of nitrogens with zero attached hydrogens (tertiary/aromatic N) is 2. The summed E-state index contributed by atoms with van der Waals surface area (Å²) in [5.41, 5.74) is 2.80. The van der Waals surface area contributed by atoms with Crippen LogP contribution in [0.1, 0.15) is 37.6 Å². The zero-order valence-corrected chi connectivity index (χ0v) is 17.6. The monoisotopic (exact) mass is 423 g/mol. The number of pyridine rings is 1. The Kier molecular flexibility index (Phi) is 6.26. The van der Waals surface area contributed by atoms with E-state index in [0.717, 1.165) is 5.56 Å². The Morgan fingerprint density at radius 1 is 1.13 bits per heavy atom. The molecule has 0 aliphatic carbocycles. The molecule has 0 atom stereocenters. The second kappa shape index (κ2) is 8.86. The van der Waals surface area contributed by atoms with Crippen molar-refractivity contribution in [3.8, 4) is 11.8 Å². The largest absolute Gasteiger partial charge is 0.459 e. The lowest BCUT2D eigenvalue weighted by Gasteiger charge is -2.09. The van der Waals surface area contributed by atoms with E-state index in [0.29, 0.717) is 16.8 Å². The smallest absolute Gasteiger partial charge is 0.291 e. The Bertz CT molecular complexity index is 1220. The van der Waals surface area contributed by atoms with Crippen LogP contribution in [0.2, 0.25) is 0 Å². The molecule has 0 fully saturated rings. The van der Waals surface area contributed by atoms with Crippen molar-refractivity contribution in [2.75, 3.05) is 17.8 Å². The first kappa shape index (κ1) is 21.2. The average molecular weight is 423 g/mol. The van der Waals surface area contributed by atoms with Gasteiger partial charge in [0.05, 0.1) is 11.8 Å². The minimum absolute atomic E-state index is 0.262. The number of amides is 2. The van der Waals surface area contributed by atoms with Crippen LogP contribution < -0.4 is 5.32 Å². The Morgan fingerprint density at radius 2 is 1.90 bits per heavy atom. The van der Waals surface area contributed by atoms with Gasteiger partial charge in [-0.05, 0) is 49.8 Å². The topological polar surface area (TPSA) is 105 Å². The number of aryl methyl sites for hydroxylation is 1. The molecule has 0 bridgehead atoms. The molecule has 30 heavy (non-hydrogen) atoms. The lowest BCUT2D eigenvalue weighted by atomic mass is 10.1. The molecule has 154 valence electrons. The predicted octanol–water partition coefficient (Wildman–Crippen LogP) is 3.58. The molecule has 2 aromatic heterocycles. The van der Waals surface area contributed by atoms with Crippen LogP contribution in [-0.2, 0) is 10.1 Å². The van der Waals surface area contributed by atoms with Crippen LogP contribution in [0.4, 0.5) is 5.69 Å². The van der Waals surface area contributed by atoms with Crippen molar-refractivity contribution >= 4 is 27.6 Å². The number of rotatable bonds is 3. The normalized spacial score (nSPS) is 11.2. The summed E-state index contributed by atoms with van der Waals surface area (Å²) >= 11 is 0. The highest BCUT2D eigenvalue weighted by molar-refractivity contribution is 7.98. The number of benzene rings is 1. The van der Waals surface area contributed by atoms with Gasteiger partial charge < -0.3 is 14.3 Å². The van der Waals surface area contributed by atoms with Gasteiger partial charge in [-0.15, -0.1) is 10.1 Å². The molecule has 2 heterocycles. The van der Waals surface area contributed by atoms with Crippen LogP contribution in [0.5, 0.6) is 0 Å². The SMILES string of the molecule is Cc1ccoc1C(=O)Nc1cccc(C#Cc2cncc(C(=O)N=[SH](C)(C)O)c2)c1. The maximum Gasteiger partial charge on any atom is 0.291 e. The van der Waals surface area contributed by atoms with Gasteiger partial charge in [0.2, 0.25) is 0 Å². The summed E-state index contributed by atoms with van der Waals surface area (Å²) in [4.78, 5) is 28.4. The van der Waals surface area contributed by atoms with Gasteiger partial charge >= 0.3 is 0 Å². The molecule has 2 amide bonds. The summed E-state index contributed by atoms with van der Waals surface area (Å²) < 4.78 is 18.8. The van der Waals surface area contributed by atoms with Crippen LogP contribution in [0.15, 0.2) is 63.8 Å². The van der Waals surface area contributed by atoms with E-state index < -0.39 is 16.0 Å². The van der Waals surface area contributed by atoms with E-state index in [1.54, 1.807) is 43.3 Å². The van der Waals surface area contributed by atoms with Gasteiger partial charge in [-0.1, -0.05) is 17.9 Å². The van der Waals surface area contributed by atoms with Crippen LogP contribution in [-0.4, -0.2) is 33.9 Å². The van der Waals surface area contributed by atoms with E-state index in [-0.39, 0.29) is 17.2 Å². The highest BCUT2D eigenvalue weighted by Crippen LogP contribution is 2.15. The zero-order valence-electron chi connectivity index (χ0n) is 16.7. The third-order valence-electron chi connectivity index (χ3n) is 3.86. The van der Waals surface area contributed by atoms with Crippen LogP contribution >= 0.6 is 0 Å². The minimum Gasteiger partial charge on any atom is -0.459 e. The number of nitrogens with one attached hydrogen (secondary N) is 1. The molecule has 0 aliphatic rings. The fourth-order valence-electron chi connectivity index (χ4n) is 2.52. The highest BCUT2D eigenvalue weighted by Gasteiger charge is 2.12. The number of anilines is 1. The molecule has 8 heteroatoms. The van der Waals surface area contributed by atoms with E-state index in [1.807, 2.05) is 0 Å². The summed E-state index contributed by atoms with van der Waals surface area (Å²) in [7, 11) is -2.58. The van der Waals surface area contributed by atoms with Crippen molar-refractivity contribution in [1.82, 2.24) is 4.98 Å². The molecule has 0 unspecified atom stereocenters. The van der Waals surface area contributed by atoms with Gasteiger partial charge in [0.1, 0.15) is 0 Å². The molecule has 2 N–H and O–H groups in total. The van der Waals surface area contributed by atoms with E-state index in [4.69, 9.17) is 4.42 Å². The first-order chi connectivity index (χ1) is 14.2. The van der Waals surface area contributed by atoms with Gasteiger partial charge in [0.15, 0.2) is 5.76 Å². The first-order valence-electron chi connectivity index (χ1n) is 8.98. The third-order valence-corrected chi connectivity index (χ3v) is 4.53. The maximum absolute atomic E-state index is 12.3. The van der Waals surface area contributed by atoms with Crippen molar-refractivity contribution in [3.05, 3.63) is 83.1 Å². The molecular formula is C22H21N3O4S. The molecule has 0 spiro atoms. The number of aromatic nitrogens is 1. The summed E-state index contributed by atoms with van der Waals surface area (Å²) in [6.45, 7) is 1.80. The fourth-order valence-corrected chi connectivity index (χ4v) is 3.08. The van der Waals surface area contributed by atoms with Crippen LogP contribution in [0, 0.1) is 18.8 Å². The van der Waals surface area contributed by atoms with Gasteiger partial charge in [0, 0.05) is 34.8 Å². The molecule has 0 aliphatic heterocycles. The minimum atomic E-state index is -2.58. The van der Waals surface area contributed by atoms with Crippen molar-refractivity contribution in [1.29, 1.82) is 0 Å². The summed E-state index contributed by atoms with van der Waals surface area (Å²) in [5.74, 6) is 5.33. The number of carbonyl (C=O) groups is 2. The fraction of sp³-hybridized carbons (Fsp3) is 0.136. The molecular weight excluding hydrogens is 402 g/mol. The molecule has 3 aromatic rings. The van der Waals surface area contributed by atoms with Gasteiger partial charge in [-0.3, -0.25) is 14.6 Å². The Labute approximate surface area is 175 Å². The molecule has 3 rings (SSSR count). The molecule has 0 radical (unpaired) electrons. The second-order valence-electron chi connectivity index (χ2n) is 6.92. The van der Waals surface area contributed by atoms with E-state index >= 15 is 0 Å². The lowest BCUT2D eigenvalue weighted by molar-refractivity contribution is 0.0991. The predicted molar refractivity (Wildman–Crippen MR) is 118 cm³/mol. The van der Waals surface area contributed by atoms with E-state index in [9.17, 15) is 14.1 Å². The highest BCUT2D eigenvalue weighted by atomic mass is 32.3. The quantitative estimate of drug-likeness (QED) is 0.441. The maximum atomic E-state index is 12.3. The molecule has 0 saturated carbocycles. The van der Waals surface area contributed by atoms with E-state index in [1.165, 1.54) is 31.2 Å². The number of furan rings is 1. The van der Waals surface area contributed by atoms with Crippen molar-refractivity contribution < 1.29 is 18.6 Å². The van der Waals surface area contributed by atoms with Crippen molar-refractivity contribution in [3.63, 3.8) is 0 Å². The molecule has 0 saturated heterocycles. The third kappa shape index (κ3) is 5.73. The number of thiol groups is 1. The van der Waals surface area contributed by atoms with Crippen molar-refractivity contribution in [2.24, 2.45) is 4.36 Å². The van der Waals surface area contributed by atoms with Gasteiger partial charge in [0.25, 0.3) is 11.8 Å². The standard InChI is InChI=1S/C22H21N3O4S/c1-15-9-10-29-20(15)22(27)24-19-6-4-5-16(12-19)7-8-17-11-18(14-23-13-17)21(26)25-30(2,3)28/h4-6,9-14,30H,1-3H3,(H,24,27)(H,25,26,28). The lowest BCUT2D eigenvalue weighted by Crippen LogP contribution is -2.12. The number of hydrogen-bond acceptors (Lipinski definition) is 4. The van der Waals surface area contributed by atoms with Crippen molar-refractivity contribution in [2.45, 2.75) is 6.92 Å².